The smallest absolute Gasteiger partial charge is 0.441 e. The molecule has 2 rings (SSSR count). The Morgan fingerprint density at radius 2 is 1.96 bits per heavy atom. The Hall–Kier alpha value is -1.11. The molecule has 6 nitrogen and oxygen atoms in total. The number of halogens is 4. The highest BCUT2D eigenvalue weighted by Crippen LogP contribution is 2.29. The maximum Gasteiger partial charge on any atom is 0.441 e. The van der Waals surface area contributed by atoms with Crippen LogP contribution in [0.3, 0.4) is 0 Å². The zero-order valence-electron chi connectivity index (χ0n) is 13.6. The van der Waals surface area contributed by atoms with Gasteiger partial charge in [0.2, 0.25) is 0 Å². The van der Waals surface area contributed by atoms with Gasteiger partial charge in [0.25, 0.3) is 5.91 Å². The molecule has 0 atom stereocenters. The van der Waals surface area contributed by atoms with E-state index in [1.54, 1.807) is 24.1 Å². The van der Waals surface area contributed by atoms with E-state index in [2.05, 4.69) is 10.3 Å². The first kappa shape index (κ1) is 21.9. The molecule has 0 spiro atoms. The van der Waals surface area contributed by atoms with Crippen LogP contribution in [0.4, 0.5) is 13.2 Å². The van der Waals surface area contributed by atoms with Crippen LogP contribution in [0.5, 0.6) is 0 Å². The minimum absolute atomic E-state index is 0. The van der Waals surface area contributed by atoms with Crippen molar-refractivity contribution < 1.29 is 22.4 Å². The van der Waals surface area contributed by atoms with Gasteiger partial charge in [0.05, 0.1) is 6.26 Å². The minimum Gasteiger partial charge on any atom is -0.459 e. The Kier molecular flexibility index (Phi) is 8.89. The summed E-state index contributed by atoms with van der Waals surface area (Å²) in [6.45, 7) is 2.27. The van der Waals surface area contributed by atoms with Crippen molar-refractivity contribution in [3.63, 3.8) is 0 Å². The second-order valence-corrected chi connectivity index (χ2v) is 6.18. The highest BCUT2D eigenvalue weighted by atomic mass is 127. The molecule has 1 amide bonds. The molecule has 1 N–H and O–H groups in total. The van der Waals surface area contributed by atoms with Crippen molar-refractivity contribution in [3.05, 3.63) is 24.2 Å². The van der Waals surface area contributed by atoms with Crippen LogP contribution in [0, 0.1) is 0 Å². The van der Waals surface area contributed by atoms with Crippen LogP contribution in [-0.2, 0) is 0 Å². The molecule has 1 aromatic heterocycles. The first-order valence-electron chi connectivity index (χ1n) is 7.40. The zero-order valence-corrected chi connectivity index (χ0v) is 16.7. The molecule has 25 heavy (non-hydrogen) atoms. The largest absolute Gasteiger partial charge is 0.459 e. The zero-order chi connectivity index (χ0) is 17.6. The number of alkyl halides is 3. The van der Waals surface area contributed by atoms with Gasteiger partial charge in [0, 0.05) is 45.5 Å². The number of hydrogen-bond donors (Lipinski definition) is 1. The predicted molar refractivity (Wildman–Crippen MR) is 101 cm³/mol. The van der Waals surface area contributed by atoms with Gasteiger partial charge in [-0.2, -0.15) is 13.2 Å². The third-order valence-electron chi connectivity index (χ3n) is 3.46. The van der Waals surface area contributed by atoms with Gasteiger partial charge in [0.15, 0.2) is 11.7 Å². The van der Waals surface area contributed by atoms with Crippen molar-refractivity contribution in [1.29, 1.82) is 0 Å². The molecule has 11 heteroatoms. The van der Waals surface area contributed by atoms with E-state index in [1.165, 1.54) is 6.26 Å². The highest BCUT2D eigenvalue weighted by Gasteiger charge is 2.28. The first-order chi connectivity index (χ1) is 11.4. The van der Waals surface area contributed by atoms with Crippen molar-refractivity contribution in [2.75, 3.05) is 45.5 Å². The van der Waals surface area contributed by atoms with E-state index < -0.39 is 5.51 Å². The predicted octanol–water partition coefficient (Wildman–Crippen LogP) is 2.48. The lowest BCUT2D eigenvalue weighted by Crippen LogP contribution is -2.54. The number of furan rings is 1. The maximum absolute atomic E-state index is 12.2. The van der Waals surface area contributed by atoms with Gasteiger partial charge in [-0.15, -0.1) is 24.0 Å². The number of thioether (sulfide) groups is 1. The van der Waals surface area contributed by atoms with E-state index in [4.69, 9.17) is 4.42 Å². The average Bonchev–Trinajstić information content (AvgIpc) is 3.08. The maximum atomic E-state index is 12.2. The average molecular weight is 492 g/mol. The van der Waals surface area contributed by atoms with Crippen LogP contribution in [0.15, 0.2) is 27.8 Å². The lowest BCUT2D eigenvalue weighted by molar-refractivity contribution is -0.0327. The van der Waals surface area contributed by atoms with Gasteiger partial charge in [-0.1, -0.05) is 0 Å². The number of nitrogens with one attached hydrogen (secondary N) is 1. The molecule has 142 valence electrons. The van der Waals surface area contributed by atoms with Gasteiger partial charge in [-0.25, -0.2) is 0 Å². The van der Waals surface area contributed by atoms with Crippen LogP contribution in [0.2, 0.25) is 0 Å². The van der Waals surface area contributed by atoms with Crippen molar-refractivity contribution in [1.82, 2.24) is 15.1 Å². The van der Waals surface area contributed by atoms with E-state index in [-0.39, 0.29) is 53.9 Å². The van der Waals surface area contributed by atoms with Crippen molar-refractivity contribution >= 4 is 47.6 Å². The molecule has 0 radical (unpaired) electrons. The fourth-order valence-electron chi connectivity index (χ4n) is 2.34. The van der Waals surface area contributed by atoms with Crippen LogP contribution < -0.4 is 5.32 Å². The van der Waals surface area contributed by atoms with Crippen LogP contribution in [0.1, 0.15) is 10.6 Å². The second-order valence-electron chi connectivity index (χ2n) is 5.02. The quantitative estimate of drug-likeness (QED) is 0.303. The third-order valence-corrected chi connectivity index (χ3v) is 4.20. The number of carbonyl (C=O) groups excluding carboxylic acids is 1. The summed E-state index contributed by atoms with van der Waals surface area (Å²) < 4.78 is 41.4. The number of hydrogen-bond acceptors (Lipinski definition) is 4. The Bertz CT molecular complexity index is 561. The third kappa shape index (κ3) is 6.96. The number of rotatable bonds is 4. The Morgan fingerprint density at radius 1 is 1.32 bits per heavy atom. The fraction of sp³-hybridized carbons (Fsp3) is 0.571. The highest BCUT2D eigenvalue weighted by molar-refractivity contribution is 14.0. The molecule has 0 bridgehead atoms. The normalized spacial score (nSPS) is 15.8. The fourth-order valence-corrected chi connectivity index (χ4v) is 2.77. The SMILES string of the molecule is CN=C(NCCSC(F)(F)F)N1CCN(C(=O)c2ccco2)CC1.I. The van der Waals surface area contributed by atoms with Crippen LogP contribution >= 0.6 is 35.7 Å². The second kappa shape index (κ2) is 10.1. The lowest BCUT2D eigenvalue weighted by atomic mass is 10.3. The molecule has 2 heterocycles. The van der Waals surface area contributed by atoms with E-state index in [9.17, 15) is 18.0 Å². The summed E-state index contributed by atoms with van der Waals surface area (Å²) in [6.07, 6.45) is 1.45. The van der Waals surface area contributed by atoms with Gasteiger partial charge < -0.3 is 19.5 Å². The molecule has 1 aliphatic rings. The number of piperazine rings is 1. The molecule has 1 aromatic rings. The van der Waals surface area contributed by atoms with Gasteiger partial charge in [-0.05, 0) is 23.9 Å². The molecule has 1 saturated heterocycles. The molecule has 1 fully saturated rings. The van der Waals surface area contributed by atoms with Crippen molar-refractivity contribution in [2.24, 2.45) is 4.99 Å². The number of guanidine groups is 1. The van der Waals surface area contributed by atoms with E-state index in [0.717, 1.165) is 0 Å². The van der Waals surface area contributed by atoms with Crippen molar-refractivity contribution in [2.45, 2.75) is 5.51 Å². The number of nitrogens with zero attached hydrogens (tertiary/aromatic N) is 3. The molecule has 1 aliphatic heterocycles. The lowest BCUT2D eigenvalue weighted by Gasteiger charge is -2.36. The van der Waals surface area contributed by atoms with Gasteiger partial charge in [-0.3, -0.25) is 9.79 Å². The van der Waals surface area contributed by atoms with Crippen LogP contribution in [0.25, 0.3) is 0 Å². The Balaban J connectivity index is 0.00000312. The minimum atomic E-state index is -4.22. The Morgan fingerprint density at radius 3 is 2.48 bits per heavy atom. The number of aliphatic imine (C=N–C) groups is 1. The molecule has 0 aromatic carbocycles. The summed E-state index contributed by atoms with van der Waals surface area (Å²) >= 11 is -0.0639. The monoisotopic (exact) mass is 492 g/mol. The van der Waals surface area contributed by atoms with E-state index in [0.29, 0.717) is 37.9 Å². The molecule has 0 unspecified atom stereocenters. The summed E-state index contributed by atoms with van der Waals surface area (Å²) in [4.78, 5) is 19.9. The number of amides is 1. The summed E-state index contributed by atoms with van der Waals surface area (Å²) in [7, 11) is 1.58. The van der Waals surface area contributed by atoms with Crippen molar-refractivity contribution in [3.8, 4) is 0 Å². The first-order valence-corrected chi connectivity index (χ1v) is 8.38. The van der Waals surface area contributed by atoms with Gasteiger partial charge >= 0.3 is 5.51 Å². The molecule has 0 aliphatic carbocycles. The number of carbonyl (C=O) groups is 1. The van der Waals surface area contributed by atoms with E-state index >= 15 is 0 Å². The topological polar surface area (TPSA) is 61.1 Å². The molecular weight excluding hydrogens is 472 g/mol. The summed E-state index contributed by atoms with van der Waals surface area (Å²) in [5.74, 6) is 0.599. The van der Waals surface area contributed by atoms with Gasteiger partial charge in [0.1, 0.15) is 0 Å². The summed E-state index contributed by atoms with van der Waals surface area (Å²) in [5.41, 5.74) is -4.22. The van der Waals surface area contributed by atoms with Crippen LogP contribution in [-0.4, -0.2) is 72.7 Å². The standard InChI is InChI=1S/C14H19F3N4O2S.HI/c1-18-13(19-4-10-24-14(15,16)17)21-7-5-20(6-8-21)12(22)11-3-2-9-23-11;/h2-3,9H,4-8,10H2,1H3,(H,18,19);1H. The summed E-state index contributed by atoms with van der Waals surface area (Å²) in [6, 6.07) is 3.28. The summed E-state index contributed by atoms with van der Waals surface area (Å²) in [5, 5.41) is 2.92. The Labute approximate surface area is 165 Å². The molecule has 0 saturated carbocycles. The van der Waals surface area contributed by atoms with E-state index in [1.807, 2.05) is 4.90 Å². The molecular formula is C14H20F3IN4O2S.